The molecule has 0 saturated carbocycles. The first-order valence-electron chi connectivity index (χ1n) is 10.8. The van der Waals surface area contributed by atoms with Gasteiger partial charge < -0.3 is 9.84 Å². The summed E-state index contributed by atoms with van der Waals surface area (Å²) in [6.45, 7) is 10.7. The van der Waals surface area contributed by atoms with Crippen LogP contribution < -0.4 is 0 Å². The van der Waals surface area contributed by atoms with E-state index in [1.807, 2.05) is 6.92 Å². The van der Waals surface area contributed by atoms with E-state index < -0.39 is 0 Å². The zero-order chi connectivity index (χ0) is 21.0. The van der Waals surface area contributed by atoms with Crippen LogP contribution in [0, 0.1) is 0 Å². The minimum atomic E-state index is -0.159. The van der Waals surface area contributed by atoms with E-state index in [9.17, 15) is 9.90 Å². The van der Waals surface area contributed by atoms with Crippen molar-refractivity contribution in [3.63, 3.8) is 0 Å². The number of hydrogen-bond acceptors (Lipinski definition) is 3. The van der Waals surface area contributed by atoms with Crippen LogP contribution in [0.4, 0.5) is 0 Å². The molecule has 0 aliphatic rings. The van der Waals surface area contributed by atoms with Crippen LogP contribution in [0.15, 0.2) is 36.1 Å². The number of ether oxygens (including phenoxy) is 1. The van der Waals surface area contributed by atoms with Crippen LogP contribution in [0.25, 0.3) is 0 Å². The van der Waals surface area contributed by atoms with Crippen molar-refractivity contribution < 1.29 is 14.6 Å². The summed E-state index contributed by atoms with van der Waals surface area (Å²) in [4.78, 5) is 11.9. The quantitative estimate of drug-likeness (QED) is 0.253. The lowest BCUT2D eigenvalue weighted by molar-refractivity contribution is -0.138. The van der Waals surface area contributed by atoms with E-state index in [1.54, 1.807) is 6.26 Å². The summed E-state index contributed by atoms with van der Waals surface area (Å²) in [5, 5.41) is 9.69. The van der Waals surface area contributed by atoms with Crippen LogP contribution in [0.2, 0.25) is 0 Å². The summed E-state index contributed by atoms with van der Waals surface area (Å²) in [6, 6.07) is 8.65. The third-order valence-electron chi connectivity index (χ3n) is 4.98. The highest BCUT2D eigenvalue weighted by molar-refractivity contribution is 5.69. The average Bonchev–Trinajstić information content (AvgIpc) is 2.63. The van der Waals surface area contributed by atoms with Gasteiger partial charge in [0.25, 0.3) is 0 Å². The fraction of sp³-hybridized carbons (Fsp3) is 0.640. The van der Waals surface area contributed by atoms with Crippen molar-refractivity contribution in [1.82, 2.24) is 0 Å². The molecular formula is C25H40O3. The minimum Gasteiger partial charge on any atom is -0.435 e. The lowest BCUT2D eigenvalue weighted by atomic mass is 9.86. The lowest BCUT2D eigenvalue weighted by Crippen LogP contribution is -2.10. The van der Waals surface area contributed by atoms with E-state index in [-0.39, 0.29) is 17.5 Å². The molecule has 1 aromatic rings. The summed E-state index contributed by atoms with van der Waals surface area (Å²) < 4.78 is 5.29. The van der Waals surface area contributed by atoms with Gasteiger partial charge in [0.1, 0.15) is 0 Å². The van der Waals surface area contributed by atoms with E-state index in [1.165, 1.54) is 11.1 Å². The van der Waals surface area contributed by atoms with Crippen molar-refractivity contribution >= 4 is 5.97 Å². The molecule has 0 aliphatic heterocycles. The molecule has 1 atom stereocenters. The van der Waals surface area contributed by atoms with Gasteiger partial charge in [-0.3, -0.25) is 4.79 Å². The van der Waals surface area contributed by atoms with Gasteiger partial charge in [-0.2, -0.15) is 0 Å². The summed E-state index contributed by atoms with van der Waals surface area (Å²) in [5.41, 5.74) is 3.75. The fourth-order valence-corrected chi connectivity index (χ4v) is 3.19. The number of aliphatic hydroxyl groups is 1. The maximum absolute atomic E-state index is 11.9. The summed E-state index contributed by atoms with van der Waals surface area (Å²) in [7, 11) is 0. The summed E-state index contributed by atoms with van der Waals surface area (Å²) >= 11 is 0. The molecule has 3 nitrogen and oxygen atoms in total. The Morgan fingerprint density at radius 1 is 1.07 bits per heavy atom. The molecule has 0 bridgehead atoms. The lowest BCUT2D eigenvalue weighted by Gasteiger charge is -2.19. The molecule has 0 saturated heterocycles. The van der Waals surface area contributed by atoms with Crippen molar-refractivity contribution in [3.05, 3.63) is 47.2 Å². The Morgan fingerprint density at radius 3 is 2.32 bits per heavy atom. The average molecular weight is 389 g/mol. The van der Waals surface area contributed by atoms with Crippen LogP contribution in [0.1, 0.15) is 97.1 Å². The van der Waals surface area contributed by atoms with Gasteiger partial charge in [0.05, 0.1) is 12.4 Å². The maximum atomic E-state index is 11.9. The number of rotatable bonds is 12. The molecule has 0 radical (unpaired) electrons. The van der Waals surface area contributed by atoms with Gasteiger partial charge in [-0.05, 0) is 54.7 Å². The van der Waals surface area contributed by atoms with Gasteiger partial charge >= 0.3 is 5.97 Å². The molecule has 0 heterocycles. The number of unbranched alkanes of at least 4 members (excludes halogenated alkanes) is 3. The van der Waals surface area contributed by atoms with Crippen molar-refractivity contribution in [2.75, 3.05) is 0 Å². The SMILES string of the molecule is CCCC(O)CCCCCCC(=O)O/C=C(\C)Cc1ccc(C(C)(C)C)cc1. The Morgan fingerprint density at radius 2 is 1.71 bits per heavy atom. The highest BCUT2D eigenvalue weighted by Crippen LogP contribution is 2.22. The van der Waals surface area contributed by atoms with E-state index in [4.69, 9.17) is 4.74 Å². The summed E-state index contributed by atoms with van der Waals surface area (Å²) in [6.07, 6.45) is 9.43. The monoisotopic (exact) mass is 388 g/mol. The molecule has 28 heavy (non-hydrogen) atoms. The number of aliphatic hydroxyl groups excluding tert-OH is 1. The van der Waals surface area contributed by atoms with Crippen LogP contribution in [0.5, 0.6) is 0 Å². The van der Waals surface area contributed by atoms with Gasteiger partial charge in [-0.1, -0.05) is 77.6 Å². The van der Waals surface area contributed by atoms with Crippen LogP contribution >= 0.6 is 0 Å². The Kier molecular flexibility index (Phi) is 11.1. The van der Waals surface area contributed by atoms with Gasteiger partial charge in [0.2, 0.25) is 0 Å². The standard InChI is InChI=1S/C25H40O3/c1-6-11-23(26)12-9-7-8-10-13-24(27)28-19-20(2)18-21-14-16-22(17-15-21)25(3,4)5/h14-17,19,23,26H,6-13,18H2,1-5H3/b20-19+. The first-order valence-corrected chi connectivity index (χ1v) is 10.8. The topological polar surface area (TPSA) is 46.5 Å². The predicted octanol–water partition coefficient (Wildman–Crippen LogP) is 6.48. The van der Waals surface area contributed by atoms with Gasteiger partial charge in [-0.15, -0.1) is 0 Å². The van der Waals surface area contributed by atoms with Crippen molar-refractivity contribution in [2.45, 2.75) is 104 Å². The molecule has 0 aromatic heterocycles. The molecule has 1 rings (SSSR count). The van der Waals surface area contributed by atoms with Crippen LogP contribution in [-0.4, -0.2) is 17.2 Å². The molecule has 3 heteroatoms. The van der Waals surface area contributed by atoms with E-state index in [0.29, 0.717) is 6.42 Å². The van der Waals surface area contributed by atoms with Crippen molar-refractivity contribution in [1.29, 1.82) is 0 Å². The molecule has 1 unspecified atom stereocenters. The fourth-order valence-electron chi connectivity index (χ4n) is 3.19. The second-order valence-electron chi connectivity index (χ2n) is 8.97. The van der Waals surface area contributed by atoms with Gasteiger partial charge in [-0.25, -0.2) is 0 Å². The third-order valence-corrected chi connectivity index (χ3v) is 4.98. The number of hydrogen-bond donors (Lipinski definition) is 1. The van der Waals surface area contributed by atoms with Gasteiger partial charge in [0.15, 0.2) is 0 Å². The number of esters is 1. The van der Waals surface area contributed by atoms with Crippen LogP contribution in [-0.2, 0) is 21.4 Å². The maximum Gasteiger partial charge on any atom is 0.310 e. The molecule has 1 aromatic carbocycles. The number of carbonyl (C=O) groups excluding carboxylic acids is 1. The second-order valence-corrected chi connectivity index (χ2v) is 8.97. The smallest absolute Gasteiger partial charge is 0.310 e. The number of benzene rings is 1. The molecule has 0 amide bonds. The largest absolute Gasteiger partial charge is 0.435 e. The highest BCUT2D eigenvalue weighted by atomic mass is 16.5. The van der Waals surface area contributed by atoms with Crippen molar-refractivity contribution in [2.24, 2.45) is 0 Å². The Hall–Kier alpha value is -1.61. The Balaban J connectivity index is 2.23. The van der Waals surface area contributed by atoms with E-state index in [2.05, 4.69) is 52.0 Å². The van der Waals surface area contributed by atoms with E-state index in [0.717, 1.165) is 56.9 Å². The summed E-state index contributed by atoms with van der Waals surface area (Å²) in [5.74, 6) is -0.159. The molecular weight excluding hydrogens is 348 g/mol. The zero-order valence-corrected chi connectivity index (χ0v) is 18.6. The van der Waals surface area contributed by atoms with Gasteiger partial charge in [0, 0.05) is 6.42 Å². The molecule has 0 aliphatic carbocycles. The third kappa shape index (κ3) is 10.7. The van der Waals surface area contributed by atoms with Crippen molar-refractivity contribution in [3.8, 4) is 0 Å². The van der Waals surface area contributed by atoms with Crippen LogP contribution in [0.3, 0.4) is 0 Å². The molecule has 1 N–H and O–H groups in total. The predicted molar refractivity (Wildman–Crippen MR) is 117 cm³/mol. The Labute approximate surface area is 172 Å². The zero-order valence-electron chi connectivity index (χ0n) is 18.6. The second kappa shape index (κ2) is 12.8. The molecule has 0 fully saturated rings. The number of carbonyl (C=O) groups is 1. The molecule has 0 spiro atoms. The normalized spacial score (nSPS) is 13.4. The first-order chi connectivity index (χ1) is 13.2. The van der Waals surface area contributed by atoms with E-state index >= 15 is 0 Å². The first kappa shape index (κ1) is 24.4. The number of allylic oxidation sites excluding steroid dienone is 1. The molecule has 158 valence electrons. The Bertz CT molecular complexity index is 593. The highest BCUT2D eigenvalue weighted by Gasteiger charge is 2.12. The minimum absolute atomic E-state index is 0.159.